The van der Waals surface area contributed by atoms with Crippen molar-refractivity contribution in [3.63, 3.8) is 0 Å². The monoisotopic (exact) mass is 240 g/mol. The topological polar surface area (TPSA) is 35.5 Å². The molecule has 0 saturated heterocycles. The van der Waals surface area contributed by atoms with Crippen molar-refractivity contribution < 1.29 is 18.7 Å². The Hall–Kier alpha value is -1.42. The molecule has 0 atom stereocenters. The number of rotatable bonds is 7. The first kappa shape index (κ1) is 13.6. The molecule has 0 fully saturated rings. The highest BCUT2D eigenvalue weighted by Gasteiger charge is 2.14. The van der Waals surface area contributed by atoms with Gasteiger partial charge in [-0.25, -0.2) is 4.39 Å². The predicted octanol–water partition coefficient (Wildman–Crippen LogP) is 2.83. The highest BCUT2D eigenvalue weighted by atomic mass is 19.1. The van der Waals surface area contributed by atoms with Crippen molar-refractivity contribution in [1.82, 2.24) is 0 Å². The molecular weight excluding hydrogens is 223 g/mol. The first-order valence-corrected chi connectivity index (χ1v) is 5.64. The number of methoxy groups -OCH3 is 1. The fourth-order valence-electron chi connectivity index (χ4n) is 1.43. The van der Waals surface area contributed by atoms with E-state index in [0.29, 0.717) is 13.2 Å². The lowest BCUT2D eigenvalue weighted by Gasteiger charge is -2.06. The van der Waals surface area contributed by atoms with Crippen LogP contribution in [0.2, 0.25) is 0 Å². The Kier molecular flexibility index (Phi) is 5.63. The Balaban J connectivity index is 2.62. The van der Waals surface area contributed by atoms with Gasteiger partial charge in [0.2, 0.25) is 0 Å². The van der Waals surface area contributed by atoms with E-state index < -0.39 is 5.82 Å². The van der Waals surface area contributed by atoms with Gasteiger partial charge in [-0.2, -0.15) is 0 Å². The van der Waals surface area contributed by atoms with Gasteiger partial charge in [0.05, 0.1) is 19.3 Å². The second kappa shape index (κ2) is 7.01. The minimum absolute atomic E-state index is 0.0597. The zero-order valence-corrected chi connectivity index (χ0v) is 10.2. The first-order valence-electron chi connectivity index (χ1n) is 5.64. The molecule has 4 heteroatoms. The van der Waals surface area contributed by atoms with Crippen LogP contribution in [0.25, 0.3) is 0 Å². The van der Waals surface area contributed by atoms with Crippen molar-refractivity contribution in [1.29, 1.82) is 0 Å². The third-order valence-electron chi connectivity index (χ3n) is 2.31. The van der Waals surface area contributed by atoms with E-state index >= 15 is 0 Å². The average Bonchev–Trinajstić information content (AvgIpc) is 2.34. The fraction of sp³-hybridized carbons (Fsp3) is 0.462. The molecule has 0 heterocycles. The zero-order valence-electron chi connectivity index (χ0n) is 10.2. The fourth-order valence-corrected chi connectivity index (χ4v) is 1.43. The number of hydrogen-bond acceptors (Lipinski definition) is 3. The summed E-state index contributed by atoms with van der Waals surface area (Å²) in [5.74, 6) is -0.779. The summed E-state index contributed by atoms with van der Waals surface area (Å²) < 4.78 is 23.7. The zero-order chi connectivity index (χ0) is 12.7. The van der Waals surface area contributed by atoms with E-state index in [9.17, 15) is 9.18 Å². The Labute approximate surface area is 101 Å². The standard InChI is InChI=1S/C13H17FO3/c1-3-8-17-9-7-11(15)10-5-4-6-12(16-2)13(10)14/h4-6H,3,7-9H2,1-2H3. The number of hydrogen-bond donors (Lipinski definition) is 0. The third kappa shape index (κ3) is 3.82. The maximum absolute atomic E-state index is 13.7. The molecule has 0 aliphatic rings. The molecule has 1 aromatic rings. The van der Waals surface area contributed by atoms with E-state index in [1.165, 1.54) is 19.2 Å². The summed E-state index contributed by atoms with van der Waals surface area (Å²) in [6.45, 7) is 2.93. The molecule has 0 N–H and O–H groups in total. The van der Waals surface area contributed by atoms with E-state index in [2.05, 4.69) is 0 Å². The summed E-state index contributed by atoms with van der Waals surface area (Å²) in [4.78, 5) is 11.7. The van der Waals surface area contributed by atoms with Gasteiger partial charge in [-0.3, -0.25) is 4.79 Å². The van der Waals surface area contributed by atoms with Crippen molar-refractivity contribution >= 4 is 5.78 Å². The molecule has 17 heavy (non-hydrogen) atoms. The molecule has 0 aliphatic heterocycles. The molecule has 0 amide bonds. The molecule has 1 aromatic carbocycles. The molecule has 1 rings (SSSR count). The Bertz CT molecular complexity index is 377. The summed E-state index contributed by atoms with van der Waals surface area (Å²) in [7, 11) is 1.37. The van der Waals surface area contributed by atoms with Crippen molar-refractivity contribution in [2.24, 2.45) is 0 Å². The smallest absolute Gasteiger partial charge is 0.175 e. The molecule has 0 bridgehead atoms. The van der Waals surface area contributed by atoms with Crippen molar-refractivity contribution in [2.45, 2.75) is 19.8 Å². The van der Waals surface area contributed by atoms with Gasteiger partial charge in [0, 0.05) is 13.0 Å². The second-order valence-electron chi connectivity index (χ2n) is 3.61. The minimum Gasteiger partial charge on any atom is -0.494 e. The highest BCUT2D eigenvalue weighted by Crippen LogP contribution is 2.20. The number of ether oxygens (including phenoxy) is 2. The number of ketones is 1. The van der Waals surface area contributed by atoms with Crippen LogP contribution < -0.4 is 4.74 Å². The molecule has 0 radical (unpaired) electrons. The first-order chi connectivity index (χ1) is 8.20. The van der Waals surface area contributed by atoms with Crippen LogP contribution in [0.1, 0.15) is 30.1 Å². The lowest BCUT2D eigenvalue weighted by Crippen LogP contribution is -2.08. The number of benzene rings is 1. The maximum atomic E-state index is 13.7. The average molecular weight is 240 g/mol. The van der Waals surface area contributed by atoms with Gasteiger partial charge in [0.25, 0.3) is 0 Å². The van der Waals surface area contributed by atoms with Crippen LogP contribution in [0.15, 0.2) is 18.2 Å². The van der Waals surface area contributed by atoms with Crippen LogP contribution in [-0.4, -0.2) is 26.1 Å². The molecule has 0 saturated carbocycles. The maximum Gasteiger partial charge on any atom is 0.175 e. The van der Waals surface area contributed by atoms with Gasteiger partial charge in [0.1, 0.15) is 0 Å². The van der Waals surface area contributed by atoms with Crippen LogP contribution in [0.5, 0.6) is 5.75 Å². The highest BCUT2D eigenvalue weighted by molar-refractivity contribution is 5.96. The largest absolute Gasteiger partial charge is 0.494 e. The third-order valence-corrected chi connectivity index (χ3v) is 2.31. The normalized spacial score (nSPS) is 10.3. The number of carbonyl (C=O) groups excluding carboxylic acids is 1. The molecule has 0 aromatic heterocycles. The van der Waals surface area contributed by atoms with Gasteiger partial charge in [-0.1, -0.05) is 13.0 Å². The van der Waals surface area contributed by atoms with E-state index in [0.717, 1.165) is 6.42 Å². The number of halogens is 1. The van der Waals surface area contributed by atoms with Crippen molar-refractivity contribution in [3.05, 3.63) is 29.6 Å². The quantitative estimate of drug-likeness (QED) is 0.543. The summed E-state index contributed by atoms with van der Waals surface area (Å²) >= 11 is 0. The van der Waals surface area contributed by atoms with E-state index in [1.54, 1.807) is 6.07 Å². The van der Waals surface area contributed by atoms with E-state index in [-0.39, 0.29) is 23.5 Å². The Morgan fingerprint density at radius 2 is 2.12 bits per heavy atom. The Morgan fingerprint density at radius 3 is 2.76 bits per heavy atom. The van der Waals surface area contributed by atoms with Crippen LogP contribution in [0.3, 0.4) is 0 Å². The molecule has 0 spiro atoms. The summed E-state index contributed by atoms with van der Waals surface area (Å²) in [5, 5.41) is 0. The van der Waals surface area contributed by atoms with Gasteiger partial charge in [-0.15, -0.1) is 0 Å². The molecule has 0 aliphatic carbocycles. The van der Waals surface area contributed by atoms with Crippen LogP contribution in [-0.2, 0) is 4.74 Å². The molecular formula is C13H17FO3. The van der Waals surface area contributed by atoms with Crippen LogP contribution in [0.4, 0.5) is 4.39 Å². The molecule has 0 unspecified atom stereocenters. The molecule has 94 valence electrons. The Morgan fingerprint density at radius 1 is 1.35 bits per heavy atom. The van der Waals surface area contributed by atoms with E-state index in [4.69, 9.17) is 9.47 Å². The van der Waals surface area contributed by atoms with Gasteiger partial charge in [0.15, 0.2) is 17.3 Å². The summed E-state index contributed by atoms with van der Waals surface area (Å²) in [6, 6.07) is 4.54. The predicted molar refractivity (Wildman–Crippen MR) is 63.0 cm³/mol. The minimum atomic E-state index is -0.601. The van der Waals surface area contributed by atoms with Gasteiger partial charge in [-0.05, 0) is 18.6 Å². The van der Waals surface area contributed by atoms with Crippen LogP contribution >= 0.6 is 0 Å². The second-order valence-corrected chi connectivity index (χ2v) is 3.61. The van der Waals surface area contributed by atoms with Gasteiger partial charge < -0.3 is 9.47 Å². The molecule has 3 nitrogen and oxygen atoms in total. The van der Waals surface area contributed by atoms with Crippen LogP contribution in [0, 0.1) is 5.82 Å². The SMILES string of the molecule is CCCOCCC(=O)c1cccc(OC)c1F. The van der Waals surface area contributed by atoms with Crippen molar-refractivity contribution in [3.8, 4) is 5.75 Å². The lowest BCUT2D eigenvalue weighted by atomic mass is 10.1. The summed E-state index contributed by atoms with van der Waals surface area (Å²) in [5.41, 5.74) is 0.0597. The lowest BCUT2D eigenvalue weighted by molar-refractivity contribution is 0.0874. The number of carbonyl (C=O) groups is 1. The van der Waals surface area contributed by atoms with Crippen molar-refractivity contribution in [2.75, 3.05) is 20.3 Å². The summed E-state index contributed by atoms with van der Waals surface area (Å²) in [6.07, 6.45) is 1.09. The number of Topliss-reactive ketones (excluding diaryl/α,β-unsaturated/α-hetero) is 1. The van der Waals surface area contributed by atoms with E-state index in [1.807, 2.05) is 6.92 Å². The van der Waals surface area contributed by atoms with Gasteiger partial charge >= 0.3 is 0 Å².